The van der Waals surface area contributed by atoms with Crippen molar-refractivity contribution in [3.63, 3.8) is 0 Å². The Morgan fingerprint density at radius 1 is 0.368 bits per heavy atom. The van der Waals surface area contributed by atoms with Crippen LogP contribution in [0.4, 0.5) is 0 Å². The summed E-state index contributed by atoms with van der Waals surface area (Å²) in [4.78, 5) is 0. The summed E-state index contributed by atoms with van der Waals surface area (Å²) in [5.41, 5.74) is 0. The van der Waals surface area contributed by atoms with Crippen molar-refractivity contribution < 1.29 is 0 Å². The molecule has 0 bridgehead atoms. The van der Waals surface area contributed by atoms with Gasteiger partial charge in [-0.3, -0.25) is 0 Å². The van der Waals surface area contributed by atoms with Gasteiger partial charge in [-0.1, -0.05) is 48.5 Å². The van der Waals surface area contributed by atoms with E-state index in [4.69, 9.17) is 0 Å². The van der Waals surface area contributed by atoms with Crippen molar-refractivity contribution in [1.82, 2.24) is 0 Å². The molecule has 4 rings (SSSR count). The Morgan fingerprint density at radius 3 is 0.895 bits per heavy atom. The molecule has 0 saturated heterocycles. The third-order valence-electron chi connectivity index (χ3n) is 3.57. The summed E-state index contributed by atoms with van der Waals surface area (Å²) in [6, 6.07) is 26.2. The Labute approximate surface area is 134 Å². The SMILES string of the molecule is [Na].c1ccc2cc3cc4ccccc4cc3cc2c1. The molecule has 85 valence electrons. The van der Waals surface area contributed by atoms with Gasteiger partial charge in [-0.15, -0.1) is 0 Å². The fourth-order valence-corrected chi connectivity index (χ4v) is 2.63. The van der Waals surface area contributed by atoms with E-state index >= 15 is 0 Å². The maximum atomic E-state index is 2.27. The summed E-state index contributed by atoms with van der Waals surface area (Å²) in [6.07, 6.45) is 0. The topological polar surface area (TPSA) is 0 Å². The third-order valence-corrected chi connectivity index (χ3v) is 3.57. The van der Waals surface area contributed by atoms with Crippen molar-refractivity contribution in [2.45, 2.75) is 0 Å². The minimum Gasteiger partial charge on any atom is -0.0616 e. The minimum atomic E-state index is 0. The van der Waals surface area contributed by atoms with Gasteiger partial charge in [0.05, 0.1) is 0 Å². The first-order valence-corrected chi connectivity index (χ1v) is 6.21. The van der Waals surface area contributed by atoms with Crippen LogP contribution >= 0.6 is 0 Å². The van der Waals surface area contributed by atoms with Gasteiger partial charge < -0.3 is 0 Å². The zero-order valence-corrected chi connectivity index (χ0v) is 12.9. The molecular weight excluding hydrogens is 239 g/mol. The van der Waals surface area contributed by atoms with Crippen molar-refractivity contribution in [2.75, 3.05) is 0 Å². The predicted octanol–water partition coefficient (Wildman–Crippen LogP) is 4.77. The molecule has 0 unspecified atom stereocenters. The fourth-order valence-electron chi connectivity index (χ4n) is 2.63. The molecule has 0 aliphatic heterocycles. The largest absolute Gasteiger partial charge is 0.0616 e. The summed E-state index contributed by atoms with van der Waals surface area (Å²) in [5, 5.41) is 7.85. The molecule has 0 aliphatic rings. The second-order valence-electron chi connectivity index (χ2n) is 4.75. The number of benzene rings is 4. The first-order chi connectivity index (χ1) is 8.90. The molecule has 0 nitrogen and oxygen atoms in total. The van der Waals surface area contributed by atoms with Gasteiger partial charge in [0.25, 0.3) is 0 Å². The molecule has 0 amide bonds. The zero-order valence-electron chi connectivity index (χ0n) is 10.9. The van der Waals surface area contributed by atoms with Crippen LogP contribution < -0.4 is 0 Å². The van der Waals surface area contributed by atoms with Crippen LogP contribution in [0.5, 0.6) is 0 Å². The third kappa shape index (κ3) is 2.17. The Morgan fingerprint density at radius 2 is 0.632 bits per heavy atom. The molecule has 0 heterocycles. The van der Waals surface area contributed by atoms with Crippen LogP contribution in [-0.4, -0.2) is 29.6 Å². The summed E-state index contributed by atoms with van der Waals surface area (Å²) in [6.45, 7) is 0. The first kappa shape index (κ1) is 12.7. The number of rotatable bonds is 0. The molecule has 0 fully saturated rings. The van der Waals surface area contributed by atoms with E-state index in [1.807, 2.05) is 0 Å². The molecule has 4 aromatic rings. The maximum absolute atomic E-state index is 2.27. The smallest absolute Gasteiger partial charge is 0 e. The van der Waals surface area contributed by atoms with Crippen LogP contribution in [0.25, 0.3) is 32.3 Å². The van der Waals surface area contributed by atoms with Gasteiger partial charge in [-0.05, 0) is 56.6 Å². The number of hydrogen-bond acceptors (Lipinski definition) is 0. The van der Waals surface area contributed by atoms with Gasteiger partial charge in [-0.25, -0.2) is 0 Å². The Kier molecular flexibility index (Phi) is 3.32. The van der Waals surface area contributed by atoms with Gasteiger partial charge in [0.2, 0.25) is 0 Å². The van der Waals surface area contributed by atoms with Gasteiger partial charge in [0, 0.05) is 29.6 Å². The van der Waals surface area contributed by atoms with Gasteiger partial charge >= 0.3 is 0 Å². The molecule has 1 heteroatoms. The molecule has 1 radical (unpaired) electrons. The standard InChI is InChI=1S/C18H12.Na/c1-2-6-14-10-18-12-16-8-4-3-7-15(16)11-17(18)9-13(14)5-1;/h1-12H;. The minimum absolute atomic E-state index is 0. The van der Waals surface area contributed by atoms with Gasteiger partial charge in [0.1, 0.15) is 0 Å². The van der Waals surface area contributed by atoms with Crippen LogP contribution in [0, 0.1) is 0 Å². The summed E-state index contributed by atoms with van der Waals surface area (Å²) in [7, 11) is 0. The average Bonchev–Trinajstić information content (AvgIpc) is 2.42. The van der Waals surface area contributed by atoms with E-state index in [1.165, 1.54) is 32.3 Å². The molecule has 0 aromatic heterocycles. The van der Waals surface area contributed by atoms with E-state index in [-0.39, 0.29) is 29.6 Å². The quantitative estimate of drug-likeness (QED) is 0.312. The van der Waals surface area contributed by atoms with Crippen LogP contribution in [0.2, 0.25) is 0 Å². The Balaban J connectivity index is 0.00000110. The van der Waals surface area contributed by atoms with Crippen LogP contribution in [0.3, 0.4) is 0 Å². The second kappa shape index (κ2) is 4.97. The summed E-state index contributed by atoms with van der Waals surface area (Å²) in [5.74, 6) is 0. The Bertz CT molecular complexity index is 734. The van der Waals surface area contributed by atoms with Crippen molar-refractivity contribution in [1.29, 1.82) is 0 Å². The molecule has 19 heavy (non-hydrogen) atoms. The predicted molar refractivity (Wildman–Crippen MR) is 84.7 cm³/mol. The van der Waals surface area contributed by atoms with E-state index in [2.05, 4.69) is 72.8 Å². The average molecular weight is 251 g/mol. The maximum Gasteiger partial charge on any atom is 0 e. The molecule has 4 aromatic carbocycles. The number of fused-ring (bicyclic) bond motifs is 3. The first-order valence-electron chi connectivity index (χ1n) is 6.21. The van der Waals surface area contributed by atoms with E-state index in [0.29, 0.717) is 0 Å². The monoisotopic (exact) mass is 251 g/mol. The van der Waals surface area contributed by atoms with E-state index in [1.54, 1.807) is 0 Å². The van der Waals surface area contributed by atoms with E-state index < -0.39 is 0 Å². The van der Waals surface area contributed by atoms with Crippen LogP contribution in [0.1, 0.15) is 0 Å². The van der Waals surface area contributed by atoms with Crippen LogP contribution in [0.15, 0.2) is 72.8 Å². The van der Waals surface area contributed by atoms with Gasteiger partial charge in [-0.2, -0.15) is 0 Å². The van der Waals surface area contributed by atoms with Crippen LogP contribution in [-0.2, 0) is 0 Å². The summed E-state index contributed by atoms with van der Waals surface area (Å²) < 4.78 is 0. The Hall–Kier alpha value is -1.34. The molecular formula is C18H12Na. The van der Waals surface area contributed by atoms with Crippen molar-refractivity contribution in [3.8, 4) is 0 Å². The normalized spacial score (nSPS) is 10.7. The molecule has 0 spiro atoms. The van der Waals surface area contributed by atoms with E-state index in [9.17, 15) is 0 Å². The summed E-state index contributed by atoms with van der Waals surface area (Å²) >= 11 is 0. The van der Waals surface area contributed by atoms with E-state index in [0.717, 1.165) is 0 Å². The van der Waals surface area contributed by atoms with Crippen molar-refractivity contribution in [3.05, 3.63) is 72.8 Å². The molecule has 0 atom stereocenters. The van der Waals surface area contributed by atoms with Gasteiger partial charge in [0.15, 0.2) is 0 Å². The molecule has 0 N–H and O–H groups in total. The van der Waals surface area contributed by atoms with Crippen molar-refractivity contribution >= 4 is 61.9 Å². The molecule has 0 saturated carbocycles. The zero-order chi connectivity index (χ0) is 11.9. The molecule has 0 aliphatic carbocycles. The second-order valence-corrected chi connectivity index (χ2v) is 4.75. The number of hydrogen-bond donors (Lipinski definition) is 0. The van der Waals surface area contributed by atoms with Crippen molar-refractivity contribution in [2.24, 2.45) is 0 Å². The fraction of sp³-hybridized carbons (Fsp3) is 0.